The fraction of sp³-hybridized carbons (Fsp3) is 0.136. The molecule has 1 amide bonds. The molecule has 7 heteroatoms. The fourth-order valence-electron chi connectivity index (χ4n) is 2.96. The van der Waals surface area contributed by atoms with Crippen LogP contribution in [0.1, 0.15) is 10.4 Å². The Morgan fingerprint density at radius 2 is 1.48 bits per heavy atom. The maximum absolute atomic E-state index is 12.5. The number of amides is 1. The van der Waals surface area contributed by atoms with Gasteiger partial charge in [-0.25, -0.2) is 0 Å². The summed E-state index contributed by atoms with van der Waals surface area (Å²) in [5.74, 6) is 2.30. The zero-order chi connectivity index (χ0) is 20.2. The van der Waals surface area contributed by atoms with Crippen LogP contribution in [-0.4, -0.2) is 26.9 Å². The van der Waals surface area contributed by atoms with E-state index in [4.69, 9.17) is 18.9 Å². The van der Waals surface area contributed by atoms with E-state index in [-0.39, 0.29) is 12.7 Å². The molecular weight excluding hydrogens is 372 g/mol. The van der Waals surface area contributed by atoms with Gasteiger partial charge in [-0.3, -0.25) is 4.79 Å². The van der Waals surface area contributed by atoms with Gasteiger partial charge in [0.15, 0.2) is 23.0 Å². The van der Waals surface area contributed by atoms with E-state index in [1.807, 2.05) is 42.5 Å². The van der Waals surface area contributed by atoms with Gasteiger partial charge in [0.25, 0.3) is 5.91 Å². The van der Waals surface area contributed by atoms with Crippen LogP contribution in [-0.2, 0) is 0 Å². The highest BCUT2D eigenvalue weighted by Gasteiger charge is 2.13. The number of fused-ring (bicyclic) bond motifs is 1. The molecule has 1 heterocycles. The van der Waals surface area contributed by atoms with E-state index in [0.717, 1.165) is 17.1 Å². The molecule has 0 aromatic heterocycles. The van der Waals surface area contributed by atoms with Gasteiger partial charge in [0.2, 0.25) is 6.79 Å². The molecule has 7 nitrogen and oxygen atoms in total. The molecule has 0 spiro atoms. The third kappa shape index (κ3) is 4.03. The Kier molecular flexibility index (Phi) is 5.11. The monoisotopic (exact) mass is 392 g/mol. The molecule has 29 heavy (non-hydrogen) atoms. The third-order valence-electron chi connectivity index (χ3n) is 4.45. The first-order valence-electron chi connectivity index (χ1n) is 8.96. The van der Waals surface area contributed by atoms with Crippen LogP contribution in [0.3, 0.4) is 0 Å². The number of hydrogen-bond acceptors (Lipinski definition) is 6. The van der Waals surface area contributed by atoms with Crippen molar-refractivity contribution >= 4 is 23.0 Å². The third-order valence-corrected chi connectivity index (χ3v) is 4.45. The number of carbonyl (C=O) groups excluding carboxylic acids is 1. The second kappa shape index (κ2) is 8.02. The van der Waals surface area contributed by atoms with E-state index in [2.05, 4.69) is 10.6 Å². The number of methoxy groups -OCH3 is 2. The number of anilines is 3. The Balaban J connectivity index is 1.42. The zero-order valence-corrected chi connectivity index (χ0v) is 16.0. The van der Waals surface area contributed by atoms with Gasteiger partial charge in [0.05, 0.1) is 14.2 Å². The van der Waals surface area contributed by atoms with Gasteiger partial charge in [-0.2, -0.15) is 0 Å². The van der Waals surface area contributed by atoms with E-state index in [0.29, 0.717) is 28.5 Å². The molecule has 0 radical (unpaired) electrons. The van der Waals surface area contributed by atoms with Crippen LogP contribution in [0, 0.1) is 0 Å². The fourth-order valence-corrected chi connectivity index (χ4v) is 2.96. The lowest BCUT2D eigenvalue weighted by Gasteiger charge is -2.11. The largest absolute Gasteiger partial charge is 0.493 e. The Morgan fingerprint density at radius 3 is 2.24 bits per heavy atom. The number of nitrogens with one attached hydrogen (secondary N) is 2. The van der Waals surface area contributed by atoms with Crippen LogP contribution in [0.2, 0.25) is 0 Å². The van der Waals surface area contributed by atoms with Crippen molar-refractivity contribution in [1.82, 2.24) is 0 Å². The molecule has 0 fully saturated rings. The molecule has 1 aliphatic heterocycles. The van der Waals surface area contributed by atoms with Crippen LogP contribution < -0.4 is 29.6 Å². The summed E-state index contributed by atoms with van der Waals surface area (Å²) in [7, 11) is 3.09. The summed E-state index contributed by atoms with van der Waals surface area (Å²) in [6.07, 6.45) is 0. The van der Waals surface area contributed by atoms with Crippen molar-refractivity contribution in [3.63, 3.8) is 0 Å². The molecule has 2 N–H and O–H groups in total. The molecular formula is C22H20N2O5. The summed E-state index contributed by atoms with van der Waals surface area (Å²) in [5, 5.41) is 6.17. The number of carbonyl (C=O) groups is 1. The van der Waals surface area contributed by atoms with Crippen molar-refractivity contribution in [3.8, 4) is 23.0 Å². The van der Waals surface area contributed by atoms with Crippen molar-refractivity contribution in [1.29, 1.82) is 0 Å². The predicted molar refractivity (Wildman–Crippen MR) is 110 cm³/mol. The molecule has 0 saturated carbocycles. The smallest absolute Gasteiger partial charge is 0.255 e. The molecule has 1 aliphatic rings. The minimum absolute atomic E-state index is 0.234. The molecule has 0 saturated heterocycles. The van der Waals surface area contributed by atoms with Gasteiger partial charge < -0.3 is 29.6 Å². The van der Waals surface area contributed by atoms with Crippen molar-refractivity contribution in [2.75, 3.05) is 31.6 Å². The first-order chi connectivity index (χ1) is 14.2. The minimum Gasteiger partial charge on any atom is -0.493 e. The first kappa shape index (κ1) is 18.5. The molecule has 0 atom stereocenters. The lowest BCUT2D eigenvalue weighted by molar-refractivity contribution is 0.102. The number of benzene rings is 3. The quantitative estimate of drug-likeness (QED) is 0.646. The highest BCUT2D eigenvalue weighted by Crippen LogP contribution is 2.35. The Hall–Kier alpha value is -3.87. The van der Waals surface area contributed by atoms with E-state index >= 15 is 0 Å². The van der Waals surface area contributed by atoms with Crippen molar-refractivity contribution in [3.05, 3.63) is 66.2 Å². The van der Waals surface area contributed by atoms with Crippen LogP contribution in [0.5, 0.6) is 23.0 Å². The van der Waals surface area contributed by atoms with E-state index < -0.39 is 0 Å². The summed E-state index contributed by atoms with van der Waals surface area (Å²) in [5.41, 5.74) is 2.93. The zero-order valence-electron chi connectivity index (χ0n) is 16.0. The second-order valence-electron chi connectivity index (χ2n) is 6.29. The summed E-state index contributed by atoms with van der Waals surface area (Å²) >= 11 is 0. The van der Waals surface area contributed by atoms with Gasteiger partial charge in [-0.15, -0.1) is 0 Å². The van der Waals surface area contributed by atoms with E-state index in [9.17, 15) is 4.79 Å². The average Bonchev–Trinajstić information content (AvgIpc) is 3.22. The Morgan fingerprint density at radius 1 is 0.793 bits per heavy atom. The molecule has 3 aromatic rings. The van der Waals surface area contributed by atoms with Gasteiger partial charge in [-0.1, -0.05) is 0 Å². The molecule has 3 aromatic carbocycles. The lowest BCUT2D eigenvalue weighted by atomic mass is 10.1. The van der Waals surface area contributed by atoms with Crippen LogP contribution in [0.15, 0.2) is 60.7 Å². The van der Waals surface area contributed by atoms with Crippen molar-refractivity contribution in [2.45, 2.75) is 0 Å². The number of ether oxygens (including phenoxy) is 4. The summed E-state index contributed by atoms with van der Waals surface area (Å²) in [4.78, 5) is 12.5. The second-order valence-corrected chi connectivity index (χ2v) is 6.29. The van der Waals surface area contributed by atoms with Crippen LogP contribution in [0.4, 0.5) is 17.1 Å². The van der Waals surface area contributed by atoms with Crippen molar-refractivity contribution < 1.29 is 23.7 Å². The Bertz CT molecular complexity index is 1030. The van der Waals surface area contributed by atoms with Crippen molar-refractivity contribution in [2.24, 2.45) is 0 Å². The minimum atomic E-state index is -0.234. The maximum Gasteiger partial charge on any atom is 0.255 e. The number of hydrogen-bond donors (Lipinski definition) is 2. The predicted octanol–water partition coefficient (Wildman–Crippen LogP) is 4.43. The molecule has 0 aliphatic carbocycles. The lowest BCUT2D eigenvalue weighted by Crippen LogP contribution is -2.12. The maximum atomic E-state index is 12.5. The molecule has 0 unspecified atom stereocenters. The van der Waals surface area contributed by atoms with Gasteiger partial charge >= 0.3 is 0 Å². The molecule has 0 bridgehead atoms. The molecule has 4 rings (SSSR count). The van der Waals surface area contributed by atoms with Crippen LogP contribution >= 0.6 is 0 Å². The van der Waals surface area contributed by atoms with Crippen LogP contribution in [0.25, 0.3) is 0 Å². The SMILES string of the molecule is COc1ccc(C(=O)Nc2ccc(Nc3ccc4c(c3)OCO4)cc2)cc1OC. The highest BCUT2D eigenvalue weighted by molar-refractivity contribution is 6.04. The number of rotatable bonds is 6. The van der Waals surface area contributed by atoms with Gasteiger partial charge in [-0.05, 0) is 54.6 Å². The van der Waals surface area contributed by atoms with Gasteiger partial charge in [0.1, 0.15) is 0 Å². The topological polar surface area (TPSA) is 78.1 Å². The standard InChI is InChI=1S/C22H20N2O5/c1-26-18-9-3-14(11-20(18)27-2)22(25)24-16-6-4-15(5-7-16)23-17-8-10-19-21(12-17)29-13-28-19/h3-12,23H,13H2,1-2H3,(H,24,25). The summed E-state index contributed by atoms with van der Waals surface area (Å²) in [6.45, 7) is 0.243. The highest BCUT2D eigenvalue weighted by atomic mass is 16.7. The first-order valence-corrected chi connectivity index (χ1v) is 8.96. The van der Waals surface area contributed by atoms with E-state index in [1.54, 1.807) is 25.3 Å². The Labute approximate surface area is 168 Å². The normalized spacial score (nSPS) is 11.7. The van der Waals surface area contributed by atoms with Gasteiger partial charge in [0, 0.05) is 28.7 Å². The average molecular weight is 392 g/mol. The summed E-state index contributed by atoms with van der Waals surface area (Å²) < 4.78 is 21.1. The van der Waals surface area contributed by atoms with E-state index in [1.165, 1.54) is 7.11 Å². The molecule has 148 valence electrons. The summed E-state index contributed by atoms with van der Waals surface area (Å²) in [6, 6.07) is 18.1.